The number of hydrogen-bond donors (Lipinski definition) is 1. The van der Waals surface area contributed by atoms with Gasteiger partial charge in [-0.2, -0.15) is 0 Å². The van der Waals surface area contributed by atoms with Crippen LogP contribution in [0.15, 0.2) is 24.3 Å². The van der Waals surface area contributed by atoms with Crippen molar-refractivity contribution >= 4 is 5.69 Å². The van der Waals surface area contributed by atoms with Crippen LogP contribution in [-0.2, 0) is 11.3 Å². The Kier molecular flexibility index (Phi) is 4.33. The Morgan fingerprint density at radius 1 is 1.38 bits per heavy atom. The van der Waals surface area contributed by atoms with Crippen molar-refractivity contribution in [3.8, 4) is 0 Å². The van der Waals surface area contributed by atoms with Crippen LogP contribution in [0.25, 0.3) is 0 Å². The van der Waals surface area contributed by atoms with Crippen molar-refractivity contribution in [2.24, 2.45) is 0 Å². The monoisotopic (exact) mass is 179 g/mol. The molecule has 0 unspecified atom stereocenters. The topological polar surface area (TPSA) is 21.3 Å². The predicted molar refractivity (Wildman–Crippen MR) is 55.9 cm³/mol. The molecule has 0 fully saturated rings. The number of methoxy groups -OCH3 is 1. The minimum absolute atomic E-state index is 0.682. The maximum Gasteiger partial charge on any atom is 0.0713 e. The van der Waals surface area contributed by atoms with Gasteiger partial charge in [-0.15, -0.1) is 0 Å². The third kappa shape index (κ3) is 3.47. The summed E-state index contributed by atoms with van der Waals surface area (Å²) in [6, 6.07) is 8.32. The first-order chi connectivity index (χ1) is 6.36. The summed E-state index contributed by atoms with van der Waals surface area (Å²) in [5, 5.41) is 3.34. The van der Waals surface area contributed by atoms with Gasteiger partial charge in [0.25, 0.3) is 0 Å². The molecule has 0 aliphatic rings. The number of benzene rings is 1. The Bertz CT molecular complexity index is 248. The third-order valence-corrected chi connectivity index (χ3v) is 1.82. The summed E-state index contributed by atoms with van der Waals surface area (Å²) < 4.78 is 5.06. The zero-order valence-electron chi connectivity index (χ0n) is 8.34. The van der Waals surface area contributed by atoms with Crippen molar-refractivity contribution in [1.82, 2.24) is 0 Å². The molecule has 0 aliphatic carbocycles. The zero-order chi connectivity index (χ0) is 9.52. The molecule has 2 heteroatoms. The average molecular weight is 179 g/mol. The first-order valence-corrected chi connectivity index (χ1v) is 4.68. The van der Waals surface area contributed by atoms with Crippen molar-refractivity contribution in [3.05, 3.63) is 29.8 Å². The van der Waals surface area contributed by atoms with E-state index < -0.39 is 0 Å². The molecule has 0 heterocycles. The van der Waals surface area contributed by atoms with E-state index in [9.17, 15) is 0 Å². The van der Waals surface area contributed by atoms with Gasteiger partial charge in [0.2, 0.25) is 0 Å². The van der Waals surface area contributed by atoms with E-state index in [1.807, 2.05) is 6.07 Å². The second kappa shape index (κ2) is 5.60. The molecule has 0 saturated heterocycles. The van der Waals surface area contributed by atoms with Crippen LogP contribution in [0.1, 0.15) is 18.9 Å². The van der Waals surface area contributed by atoms with Crippen LogP contribution < -0.4 is 5.32 Å². The fourth-order valence-electron chi connectivity index (χ4n) is 1.21. The molecule has 0 aliphatic heterocycles. The highest BCUT2D eigenvalue weighted by molar-refractivity contribution is 5.45. The van der Waals surface area contributed by atoms with Crippen molar-refractivity contribution in [2.75, 3.05) is 19.0 Å². The minimum atomic E-state index is 0.682. The fourth-order valence-corrected chi connectivity index (χ4v) is 1.21. The smallest absolute Gasteiger partial charge is 0.0713 e. The van der Waals surface area contributed by atoms with Crippen LogP contribution in [0.2, 0.25) is 0 Å². The highest BCUT2D eigenvalue weighted by Gasteiger charge is 1.93. The van der Waals surface area contributed by atoms with E-state index in [0.717, 1.165) is 13.0 Å². The maximum absolute atomic E-state index is 5.06. The van der Waals surface area contributed by atoms with E-state index in [2.05, 4.69) is 30.4 Å². The SMILES string of the molecule is CCCNc1cccc(COC)c1. The highest BCUT2D eigenvalue weighted by atomic mass is 16.5. The molecule has 1 N–H and O–H groups in total. The molecule has 0 spiro atoms. The van der Waals surface area contributed by atoms with E-state index in [1.165, 1.54) is 11.3 Å². The van der Waals surface area contributed by atoms with Gasteiger partial charge >= 0.3 is 0 Å². The molecule has 0 saturated carbocycles. The van der Waals surface area contributed by atoms with E-state index in [0.29, 0.717) is 6.61 Å². The first-order valence-electron chi connectivity index (χ1n) is 4.68. The van der Waals surface area contributed by atoms with Crippen molar-refractivity contribution in [3.63, 3.8) is 0 Å². The highest BCUT2D eigenvalue weighted by Crippen LogP contribution is 2.10. The van der Waals surface area contributed by atoms with Crippen LogP contribution in [-0.4, -0.2) is 13.7 Å². The molecular weight excluding hydrogens is 162 g/mol. The Labute approximate surface area is 79.9 Å². The molecule has 1 rings (SSSR count). The van der Waals surface area contributed by atoms with E-state index >= 15 is 0 Å². The van der Waals surface area contributed by atoms with Crippen LogP contribution in [0.3, 0.4) is 0 Å². The lowest BCUT2D eigenvalue weighted by molar-refractivity contribution is 0.185. The summed E-state index contributed by atoms with van der Waals surface area (Å²) in [6.45, 7) is 3.87. The van der Waals surface area contributed by atoms with Crippen LogP contribution >= 0.6 is 0 Å². The lowest BCUT2D eigenvalue weighted by atomic mass is 10.2. The van der Waals surface area contributed by atoms with Crippen LogP contribution in [0.4, 0.5) is 5.69 Å². The van der Waals surface area contributed by atoms with Gasteiger partial charge in [-0.3, -0.25) is 0 Å². The average Bonchev–Trinajstić information content (AvgIpc) is 2.16. The lowest BCUT2D eigenvalue weighted by Crippen LogP contribution is -2.00. The molecule has 0 radical (unpaired) electrons. The van der Waals surface area contributed by atoms with E-state index in [1.54, 1.807) is 7.11 Å². The van der Waals surface area contributed by atoms with E-state index in [-0.39, 0.29) is 0 Å². The van der Waals surface area contributed by atoms with Gasteiger partial charge in [-0.1, -0.05) is 19.1 Å². The minimum Gasteiger partial charge on any atom is -0.385 e. The first kappa shape index (κ1) is 10.1. The second-order valence-electron chi connectivity index (χ2n) is 3.06. The van der Waals surface area contributed by atoms with Gasteiger partial charge in [0.15, 0.2) is 0 Å². The Hall–Kier alpha value is -1.02. The molecule has 0 amide bonds. The zero-order valence-corrected chi connectivity index (χ0v) is 8.34. The van der Waals surface area contributed by atoms with Gasteiger partial charge in [-0.05, 0) is 24.1 Å². The van der Waals surface area contributed by atoms with Gasteiger partial charge < -0.3 is 10.1 Å². The molecule has 2 nitrogen and oxygen atoms in total. The van der Waals surface area contributed by atoms with Crippen molar-refractivity contribution in [1.29, 1.82) is 0 Å². The summed E-state index contributed by atoms with van der Waals surface area (Å²) >= 11 is 0. The van der Waals surface area contributed by atoms with E-state index in [4.69, 9.17) is 4.74 Å². The Balaban J connectivity index is 2.56. The molecule has 1 aromatic rings. The van der Waals surface area contributed by atoms with Crippen LogP contribution in [0.5, 0.6) is 0 Å². The van der Waals surface area contributed by atoms with Crippen LogP contribution in [0, 0.1) is 0 Å². The normalized spacial score (nSPS) is 10.0. The summed E-state index contributed by atoms with van der Waals surface area (Å²) in [6.07, 6.45) is 1.15. The van der Waals surface area contributed by atoms with Gasteiger partial charge in [-0.25, -0.2) is 0 Å². The van der Waals surface area contributed by atoms with Crippen molar-refractivity contribution < 1.29 is 4.74 Å². The molecule has 0 aromatic heterocycles. The molecular formula is C11H17NO. The molecule has 13 heavy (non-hydrogen) atoms. The third-order valence-electron chi connectivity index (χ3n) is 1.82. The fraction of sp³-hybridized carbons (Fsp3) is 0.455. The molecule has 0 bridgehead atoms. The lowest BCUT2D eigenvalue weighted by Gasteiger charge is -2.06. The summed E-state index contributed by atoms with van der Waals surface area (Å²) in [5.41, 5.74) is 2.39. The largest absolute Gasteiger partial charge is 0.385 e. The van der Waals surface area contributed by atoms with Gasteiger partial charge in [0.05, 0.1) is 6.61 Å². The summed E-state index contributed by atoms with van der Waals surface area (Å²) in [4.78, 5) is 0. The maximum atomic E-state index is 5.06. The number of rotatable bonds is 5. The second-order valence-corrected chi connectivity index (χ2v) is 3.06. The quantitative estimate of drug-likeness (QED) is 0.750. The standard InChI is InChI=1S/C11H17NO/c1-3-7-12-11-6-4-5-10(8-11)9-13-2/h4-6,8,12H,3,7,9H2,1-2H3. The number of hydrogen-bond acceptors (Lipinski definition) is 2. The molecule has 0 atom stereocenters. The number of anilines is 1. The molecule has 1 aromatic carbocycles. The predicted octanol–water partition coefficient (Wildman–Crippen LogP) is 2.65. The Morgan fingerprint density at radius 3 is 2.92 bits per heavy atom. The molecule has 72 valence electrons. The number of ether oxygens (including phenoxy) is 1. The summed E-state index contributed by atoms with van der Waals surface area (Å²) in [7, 11) is 1.71. The van der Waals surface area contributed by atoms with Crippen molar-refractivity contribution in [2.45, 2.75) is 20.0 Å². The Morgan fingerprint density at radius 2 is 2.23 bits per heavy atom. The van der Waals surface area contributed by atoms with Gasteiger partial charge in [0.1, 0.15) is 0 Å². The number of nitrogens with one attached hydrogen (secondary N) is 1. The summed E-state index contributed by atoms with van der Waals surface area (Å²) in [5.74, 6) is 0. The van der Waals surface area contributed by atoms with Gasteiger partial charge in [0, 0.05) is 19.3 Å².